The molecule has 9 heteroatoms. The Labute approximate surface area is 195 Å². The Kier molecular flexibility index (Phi) is 7.47. The summed E-state index contributed by atoms with van der Waals surface area (Å²) in [5.41, 5.74) is 0.374. The Hall–Kier alpha value is -1.57. The fourth-order valence-corrected chi connectivity index (χ4v) is 3.77. The standard InChI is InChI=1S/C14H15Cl2N3OS.C7H5ClO/c15-11-4-2-1-3-10(11)7-14(20,13(16)5-6-13)8-19-12(21)17-9-18-19;8-7-3-1-6(5-9)2-4-7/h1-4,9,20H,5-8H2,(H,17,18,21);1-5H. The molecule has 0 saturated heterocycles. The zero-order valence-electron chi connectivity index (χ0n) is 15.9. The number of carbonyl (C=O) groups excluding carboxylic acids is 1. The molecule has 1 aromatic heterocycles. The van der Waals surface area contributed by atoms with E-state index in [1.807, 2.05) is 24.3 Å². The SMILES string of the molecule is O=Cc1ccc(Cl)cc1.OC(Cc1ccccc1Cl)(Cn1ncnc1S)C1(Cl)CC1. The van der Waals surface area contributed by atoms with E-state index in [2.05, 4.69) is 22.7 Å². The first-order valence-corrected chi connectivity index (χ1v) is 10.8. The topological polar surface area (TPSA) is 68.0 Å². The third kappa shape index (κ3) is 5.56. The molecule has 2 aromatic carbocycles. The summed E-state index contributed by atoms with van der Waals surface area (Å²) in [5.74, 6) is 0. The van der Waals surface area contributed by atoms with Gasteiger partial charge in [0, 0.05) is 22.0 Å². The van der Waals surface area contributed by atoms with E-state index < -0.39 is 10.5 Å². The highest BCUT2D eigenvalue weighted by molar-refractivity contribution is 7.80. The lowest BCUT2D eigenvalue weighted by atomic mass is 9.89. The number of aliphatic hydroxyl groups is 1. The lowest BCUT2D eigenvalue weighted by Crippen LogP contribution is -2.47. The van der Waals surface area contributed by atoms with Gasteiger partial charge in [0.15, 0.2) is 5.16 Å². The van der Waals surface area contributed by atoms with Gasteiger partial charge >= 0.3 is 0 Å². The Morgan fingerprint density at radius 3 is 2.37 bits per heavy atom. The largest absolute Gasteiger partial charge is 0.386 e. The molecule has 1 aliphatic rings. The van der Waals surface area contributed by atoms with Gasteiger partial charge in [-0.05, 0) is 36.6 Å². The van der Waals surface area contributed by atoms with Crippen molar-refractivity contribution < 1.29 is 9.90 Å². The minimum absolute atomic E-state index is 0.237. The van der Waals surface area contributed by atoms with Crippen molar-refractivity contribution in [3.63, 3.8) is 0 Å². The number of nitrogens with zero attached hydrogens (tertiary/aromatic N) is 3. The second-order valence-electron chi connectivity index (χ2n) is 7.15. The van der Waals surface area contributed by atoms with Crippen LogP contribution in [0.4, 0.5) is 0 Å². The number of benzene rings is 2. The smallest absolute Gasteiger partial charge is 0.183 e. The number of halogens is 3. The van der Waals surface area contributed by atoms with E-state index in [1.54, 1.807) is 28.9 Å². The van der Waals surface area contributed by atoms with E-state index in [1.165, 1.54) is 6.33 Å². The van der Waals surface area contributed by atoms with Crippen LogP contribution in [-0.2, 0) is 13.0 Å². The second kappa shape index (κ2) is 9.71. The molecule has 0 radical (unpaired) electrons. The van der Waals surface area contributed by atoms with Crippen LogP contribution in [0.2, 0.25) is 10.0 Å². The number of aromatic nitrogens is 3. The molecule has 4 rings (SSSR count). The Balaban J connectivity index is 0.000000239. The molecule has 0 bridgehead atoms. The van der Waals surface area contributed by atoms with Crippen molar-refractivity contribution in [2.75, 3.05) is 0 Å². The van der Waals surface area contributed by atoms with Gasteiger partial charge in [-0.1, -0.05) is 53.5 Å². The normalized spacial score (nSPS) is 16.2. The van der Waals surface area contributed by atoms with Crippen molar-refractivity contribution >= 4 is 53.7 Å². The van der Waals surface area contributed by atoms with Gasteiger partial charge in [0.25, 0.3) is 0 Å². The summed E-state index contributed by atoms with van der Waals surface area (Å²) in [4.78, 5) is 13.4. The fraction of sp³-hybridized carbons (Fsp3) is 0.286. The maximum atomic E-state index is 11.2. The summed E-state index contributed by atoms with van der Waals surface area (Å²) in [7, 11) is 0. The Bertz CT molecular complexity index is 1010. The van der Waals surface area contributed by atoms with Crippen LogP contribution in [0.15, 0.2) is 60.0 Å². The van der Waals surface area contributed by atoms with Gasteiger partial charge in [-0.2, -0.15) is 5.10 Å². The van der Waals surface area contributed by atoms with Crippen LogP contribution < -0.4 is 0 Å². The van der Waals surface area contributed by atoms with E-state index in [-0.39, 0.29) is 6.54 Å². The molecule has 0 spiro atoms. The van der Waals surface area contributed by atoms with Gasteiger partial charge in [-0.25, -0.2) is 9.67 Å². The van der Waals surface area contributed by atoms with E-state index in [4.69, 9.17) is 34.8 Å². The molecule has 1 saturated carbocycles. The molecule has 0 amide bonds. The molecule has 1 atom stereocenters. The molecule has 1 fully saturated rings. The van der Waals surface area contributed by atoms with E-state index in [0.717, 1.165) is 24.7 Å². The monoisotopic (exact) mass is 483 g/mol. The van der Waals surface area contributed by atoms with E-state index >= 15 is 0 Å². The third-order valence-corrected chi connectivity index (χ3v) is 6.67. The first-order chi connectivity index (χ1) is 14.3. The van der Waals surface area contributed by atoms with E-state index in [9.17, 15) is 9.90 Å². The number of hydrogen-bond acceptors (Lipinski definition) is 5. The van der Waals surface area contributed by atoms with Gasteiger partial charge in [0.2, 0.25) is 0 Å². The lowest BCUT2D eigenvalue weighted by Gasteiger charge is -2.33. The van der Waals surface area contributed by atoms with E-state index in [0.29, 0.717) is 27.2 Å². The van der Waals surface area contributed by atoms with Gasteiger partial charge in [0.1, 0.15) is 18.2 Å². The maximum Gasteiger partial charge on any atom is 0.183 e. The average molecular weight is 485 g/mol. The van der Waals surface area contributed by atoms with Crippen molar-refractivity contribution in [1.82, 2.24) is 14.8 Å². The predicted octanol–water partition coefficient (Wildman–Crippen LogP) is 5.12. The number of carbonyl (C=O) groups is 1. The fourth-order valence-electron chi connectivity index (χ4n) is 3.05. The molecule has 1 aliphatic carbocycles. The maximum absolute atomic E-state index is 11.2. The Morgan fingerprint density at radius 1 is 1.17 bits per heavy atom. The van der Waals surface area contributed by atoms with Crippen LogP contribution in [-0.4, -0.2) is 36.6 Å². The molecule has 1 N–H and O–H groups in total. The third-order valence-electron chi connectivity index (χ3n) is 4.98. The Morgan fingerprint density at radius 2 is 1.83 bits per heavy atom. The van der Waals surface area contributed by atoms with Gasteiger partial charge in [0.05, 0.1) is 11.4 Å². The van der Waals surface area contributed by atoms with Crippen LogP contribution in [0.1, 0.15) is 28.8 Å². The minimum Gasteiger partial charge on any atom is -0.386 e. The molecule has 1 heterocycles. The molecule has 0 aliphatic heterocycles. The highest BCUT2D eigenvalue weighted by Crippen LogP contribution is 2.53. The average Bonchev–Trinajstić information content (AvgIpc) is 3.38. The number of rotatable bonds is 6. The molecule has 3 aromatic rings. The number of aldehydes is 1. The zero-order valence-corrected chi connectivity index (χ0v) is 19.0. The molecule has 158 valence electrons. The minimum atomic E-state index is -1.15. The number of alkyl halides is 1. The quantitative estimate of drug-likeness (QED) is 0.289. The van der Waals surface area contributed by atoms with Crippen LogP contribution in [0.3, 0.4) is 0 Å². The predicted molar refractivity (Wildman–Crippen MR) is 122 cm³/mol. The molecular weight excluding hydrogens is 465 g/mol. The molecule has 5 nitrogen and oxygen atoms in total. The highest BCUT2D eigenvalue weighted by Gasteiger charge is 2.58. The summed E-state index contributed by atoms with van der Waals surface area (Å²) >= 11 is 22.5. The van der Waals surface area contributed by atoms with Gasteiger partial charge in [-0.3, -0.25) is 4.79 Å². The molecule has 30 heavy (non-hydrogen) atoms. The van der Waals surface area contributed by atoms with Crippen LogP contribution >= 0.6 is 47.4 Å². The van der Waals surface area contributed by atoms with Crippen LogP contribution in [0.25, 0.3) is 0 Å². The first-order valence-electron chi connectivity index (χ1n) is 9.18. The summed E-state index contributed by atoms with van der Waals surface area (Å²) in [6.45, 7) is 0.237. The number of hydrogen-bond donors (Lipinski definition) is 2. The van der Waals surface area contributed by atoms with Crippen LogP contribution in [0, 0.1) is 0 Å². The van der Waals surface area contributed by atoms with Gasteiger partial charge in [-0.15, -0.1) is 24.2 Å². The lowest BCUT2D eigenvalue weighted by molar-refractivity contribution is 0.00529. The van der Waals surface area contributed by atoms with Gasteiger partial charge < -0.3 is 5.11 Å². The molecular formula is C21H20Cl3N3O2S. The summed E-state index contributed by atoms with van der Waals surface area (Å²) in [6, 6.07) is 14.2. The van der Waals surface area contributed by atoms with Crippen molar-refractivity contribution in [2.45, 2.75) is 41.4 Å². The first kappa shape index (κ1) is 23.1. The zero-order chi connectivity index (χ0) is 21.8. The summed E-state index contributed by atoms with van der Waals surface area (Å²) < 4.78 is 1.56. The van der Waals surface area contributed by atoms with Crippen molar-refractivity contribution in [3.8, 4) is 0 Å². The van der Waals surface area contributed by atoms with Crippen molar-refractivity contribution in [3.05, 3.63) is 76.0 Å². The van der Waals surface area contributed by atoms with Crippen molar-refractivity contribution in [2.24, 2.45) is 0 Å². The summed E-state index contributed by atoms with van der Waals surface area (Å²) in [5, 5.41) is 17.0. The van der Waals surface area contributed by atoms with Crippen molar-refractivity contribution in [1.29, 1.82) is 0 Å². The highest BCUT2D eigenvalue weighted by atomic mass is 35.5. The summed E-state index contributed by atoms with van der Waals surface area (Å²) in [6.07, 6.45) is 4.10. The van der Waals surface area contributed by atoms with Crippen LogP contribution in [0.5, 0.6) is 0 Å². The second-order valence-corrected chi connectivity index (χ2v) is 9.12. The molecule has 1 unspecified atom stereocenters. The number of thiol groups is 1.